The fraction of sp³-hybridized carbons (Fsp3) is 0.706. The molecule has 142 valence electrons. The van der Waals surface area contributed by atoms with Crippen LogP contribution < -0.4 is 0 Å². The van der Waals surface area contributed by atoms with Crippen molar-refractivity contribution in [1.82, 2.24) is 4.90 Å². The molecule has 0 aromatic heterocycles. The highest BCUT2D eigenvalue weighted by Crippen LogP contribution is 2.32. The summed E-state index contributed by atoms with van der Waals surface area (Å²) in [5.41, 5.74) is -0.954. The minimum atomic E-state index is -2.28. The Morgan fingerprint density at radius 1 is 1.12 bits per heavy atom. The number of esters is 1. The summed E-state index contributed by atoms with van der Waals surface area (Å²) in [4.78, 5) is 37.1. The third-order valence-electron chi connectivity index (χ3n) is 3.85. The Bertz CT molecular complexity index is 547. The molecule has 0 spiro atoms. The standard InChI is InChI=1S/C17H24F3NO4/c1-9(2)15(23)25-8-13(22)21(16(24)17(3,4)5)10-6-11(18)14(20)12(19)7-10/h10-12,14H,1,6-8H2,2-5H3. The summed E-state index contributed by atoms with van der Waals surface area (Å²) in [6.45, 7) is 8.59. The maximum atomic E-state index is 13.7. The van der Waals surface area contributed by atoms with Gasteiger partial charge in [-0.25, -0.2) is 18.0 Å². The Morgan fingerprint density at radius 3 is 2.00 bits per heavy atom. The van der Waals surface area contributed by atoms with Gasteiger partial charge < -0.3 is 4.74 Å². The number of carbonyl (C=O) groups is 3. The van der Waals surface area contributed by atoms with Crippen LogP contribution in [0.3, 0.4) is 0 Å². The number of halogens is 3. The molecule has 1 aliphatic rings. The van der Waals surface area contributed by atoms with Gasteiger partial charge in [-0.05, 0) is 6.92 Å². The minimum absolute atomic E-state index is 0.0621. The molecule has 0 saturated heterocycles. The fourth-order valence-electron chi connectivity index (χ4n) is 2.48. The molecule has 0 aromatic carbocycles. The molecule has 0 aromatic rings. The molecule has 2 atom stereocenters. The largest absolute Gasteiger partial charge is 0.452 e. The van der Waals surface area contributed by atoms with Crippen molar-refractivity contribution < 1.29 is 32.3 Å². The summed E-state index contributed by atoms with van der Waals surface area (Å²) in [6.07, 6.45) is -7.50. The average molecular weight is 363 g/mol. The first-order valence-corrected chi connectivity index (χ1v) is 7.97. The third kappa shape index (κ3) is 5.31. The third-order valence-corrected chi connectivity index (χ3v) is 3.85. The molecule has 2 amide bonds. The molecule has 0 radical (unpaired) electrons. The van der Waals surface area contributed by atoms with Gasteiger partial charge in [-0.2, -0.15) is 0 Å². The quantitative estimate of drug-likeness (QED) is 0.569. The van der Waals surface area contributed by atoms with Crippen molar-refractivity contribution in [3.63, 3.8) is 0 Å². The van der Waals surface area contributed by atoms with Crippen molar-refractivity contribution in [3.05, 3.63) is 12.2 Å². The van der Waals surface area contributed by atoms with Crippen molar-refractivity contribution in [2.45, 2.75) is 65.1 Å². The van der Waals surface area contributed by atoms with Crippen LogP contribution >= 0.6 is 0 Å². The number of carbonyl (C=O) groups excluding carboxylic acids is 3. The predicted octanol–water partition coefficient (Wildman–Crippen LogP) is 2.68. The molecular weight excluding hydrogens is 339 g/mol. The maximum Gasteiger partial charge on any atom is 0.333 e. The van der Waals surface area contributed by atoms with Crippen LogP contribution in [0.25, 0.3) is 0 Å². The predicted molar refractivity (Wildman–Crippen MR) is 84.8 cm³/mol. The minimum Gasteiger partial charge on any atom is -0.452 e. The Kier molecular flexibility index (Phi) is 6.79. The van der Waals surface area contributed by atoms with Crippen LogP contribution in [0.5, 0.6) is 0 Å². The highest BCUT2D eigenvalue weighted by atomic mass is 19.2. The Hall–Kier alpha value is -1.86. The van der Waals surface area contributed by atoms with Gasteiger partial charge in [0.1, 0.15) is 12.3 Å². The monoisotopic (exact) mass is 363 g/mol. The number of rotatable bonds is 4. The second-order valence-electron chi connectivity index (χ2n) is 7.28. The number of hydrogen-bond acceptors (Lipinski definition) is 4. The van der Waals surface area contributed by atoms with E-state index in [1.807, 2.05) is 0 Å². The molecule has 1 rings (SSSR count). The van der Waals surface area contributed by atoms with Gasteiger partial charge in [0.15, 0.2) is 12.8 Å². The Labute approximate surface area is 145 Å². The summed E-state index contributed by atoms with van der Waals surface area (Å²) in [5, 5.41) is 0. The summed E-state index contributed by atoms with van der Waals surface area (Å²) in [7, 11) is 0. The topological polar surface area (TPSA) is 63.7 Å². The van der Waals surface area contributed by atoms with Crippen molar-refractivity contribution in [1.29, 1.82) is 0 Å². The van der Waals surface area contributed by atoms with Gasteiger partial charge in [-0.3, -0.25) is 14.5 Å². The Balaban J connectivity index is 3.01. The molecule has 0 heterocycles. The van der Waals surface area contributed by atoms with Crippen LogP contribution in [0.4, 0.5) is 13.2 Å². The summed E-state index contributed by atoms with van der Waals surface area (Å²) in [6, 6.07) is -1.14. The number of amides is 2. The molecule has 25 heavy (non-hydrogen) atoms. The Morgan fingerprint density at radius 2 is 1.60 bits per heavy atom. The van der Waals surface area contributed by atoms with E-state index < -0.39 is 67.2 Å². The molecule has 0 N–H and O–H groups in total. The highest BCUT2D eigenvalue weighted by Gasteiger charge is 2.45. The van der Waals surface area contributed by atoms with Crippen LogP contribution in [0.1, 0.15) is 40.5 Å². The van der Waals surface area contributed by atoms with Gasteiger partial charge in [-0.15, -0.1) is 0 Å². The number of nitrogens with zero attached hydrogens (tertiary/aromatic N) is 1. The molecular formula is C17H24F3NO4. The van der Waals surface area contributed by atoms with Crippen LogP contribution in [-0.4, -0.2) is 53.8 Å². The van der Waals surface area contributed by atoms with E-state index in [1.54, 1.807) is 0 Å². The summed E-state index contributed by atoms with van der Waals surface area (Å²) < 4.78 is 45.5. The number of imide groups is 1. The second kappa shape index (κ2) is 8.01. The fourth-order valence-corrected chi connectivity index (χ4v) is 2.48. The van der Waals surface area contributed by atoms with E-state index in [-0.39, 0.29) is 5.57 Å². The van der Waals surface area contributed by atoms with Gasteiger partial charge in [-0.1, -0.05) is 27.4 Å². The van der Waals surface area contributed by atoms with Crippen molar-refractivity contribution in [2.24, 2.45) is 5.41 Å². The number of alkyl halides is 3. The van der Waals surface area contributed by atoms with Crippen LogP contribution in [0.15, 0.2) is 12.2 Å². The van der Waals surface area contributed by atoms with Gasteiger partial charge in [0.2, 0.25) is 5.91 Å². The lowest BCUT2D eigenvalue weighted by molar-refractivity contribution is -0.161. The summed E-state index contributed by atoms with van der Waals surface area (Å²) in [5.74, 6) is -2.41. The zero-order chi connectivity index (χ0) is 19.5. The molecule has 1 saturated carbocycles. The maximum absolute atomic E-state index is 13.7. The summed E-state index contributed by atoms with van der Waals surface area (Å²) >= 11 is 0. The first kappa shape index (κ1) is 21.2. The van der Waals surface area contributed by atoms with Crippen molar-refractivity contribution in [2.75, 3.05) is 6.61 Å². The second-order valence-corrected chi connectivity index (χ2v) is 7.28. The molecule has 1 aliphatic carbocycles. The van der Waals surface area contributed by atoms with E-state index >= 15 is 0 Å². The smallest absolute Gasteiger partial charge is 0.333 e. The zero-order valence-electron chi connectivity index (χ0n) is 14.9. The van der Waals surface area contributed by atoms with E-state index in [0.717, 1.165) is 0 Å². The number of ether oxygens (including phenoxy) is 1. The van der Waals surface area contributed by atoms with E-state index in [2.05, 4.69) is 6.58 Å². The molecule has 0 bridgehead atoms. The van der Waals surface area contributed by atoms with Crippen LogP contribution in [0, 0.1) is 5.41 Å². The average Bonchev–Trinajstić information content (AvgIpc) is 2.49. The SMILES string of the molecule is C=C(C)C(=O)OCC(=O)N(C(=O)C(C)(C)C)C1CC(F)C(F)C(F)C1. The van der Waals surface area contributed by atoms with Gasteiger partial charge in [0, 0.05) is 29.9 Å². The van der Waals surface area contributed by atoms with E-state index in [1.165, 1.54) is 27.7 Å². The lowest BCUT2D eigenvalue weighted by Gasteiger charge is -2.39. The first-order chi connectivity index (χ1) is 11.4. The zero-order valence-corrected chi connectivity index (χ0v) is 14.9. The van der Waals surface area contributed by atoms with Gasteiger partial charge in [0.05, 0.1) is 0 Å². The first-order valence-electron chi connectivity index (χ1n) is 7.97. The molecule has 1 fully saturated rings. The van der Waals surface area contributed by atoms with Crippen molar-refractivity contribution in [3.8, 4) is 0 Å². The van der Waals surface area contributed by atoms with Gasteiger partial charge in [0.25, 0.3) is 5.91 Å². The lowest BCUT2D eigenvalue weighted by Crippen LogP contribution is -2.55. The lowest BCUT2D eigenvalue weighted by atomic mass is 9.87. The van der Waals surface area contributed by atoms with Crippen LogP contribution in [-0.2, 0) is 19.1 Å². The van der Waals surface area contributed by atoms with E-state index in [9.17, 15) is 27.6 Å². The number of hydrogen-bond donors (Lipinski definition) is 0. The normalized spacial score (nSPS) is 26.7. The van der Waals surface area contributed by atoms with Crippen LogP contribution in [0.2, 0.25) is 0 Å². The molecule has 2 unspecified atom stereocenters. The van der Waals surface area contributed by atoms with Crippen molar-refractivity contribution >= 4 is 17.8 Å². The van der Waals surface area contributed by atoms with E-state index in [4.69, 9.17) is 4.74 Å². The molecule has 8 heteroatoms. The molecule has 0 aliphatic heterocycles. The molecule has 5 nitrogen and oxygen atoms in total. The van der Waals surface area contributed by atoms with Gasteiger partial charge >= 0.3 is 5.97 Å². The van der Waals surface area contributed by atoms with E-state index in [0.29, 0.717) is 4.90 Å². The highest BCUT2D eigenvalue weighted by molar-refractivity contribution is 5.99.